The predicted molar refractivity (Wildman–Crippen MR) is 118 cm³/mol. The van der Waals surface area contributed by atoms with Gasteiger partial charge < -0.3 is 14.6 Å². The molecule has 2 rings (SSSR count). The average Bonchev–Trinajstić information content (AvgIpc) is 2.66. The van der Waals surface area contributed by atoms with Gasteiger partial charge >= 0.3 is 5.97 Å². The van der Waals surface area contributed by atoms with Gasteiger partial charge in [-0.05, 0) is 64.5 Å². The van der Waals surface area contributed by atoms with E-state index in [2.05, 4.69) is 39.8 Å². The van der Waals surface area contributed by atoms with Crippen LogP contribution in [-0.4, -0.2) is 17.4 Å². The zero-order valence-corrected chi connectivity index (χ0v) is 18.6. The van der Waals surface area contributed by atoms with Gasteiger partial charge in [-0.25, -0.2) is 4.79 Å². The molecule has 0 amide bonds. The van der Waals surface area contributed by atoms with Gasteiger partial charge in [0.15, 0.2) is 0 Å². The number of allylic oxidation sites excluding steroid dienone is 4. The van der Waals surface area contributed by atoms with Gasteiger partial charge in [-0.15, -0.1) is 0 Å². The topological polar surface area (TPSA) is 55.8 Å². The molecule has 1 unspecified atom stereocenters. The number of unbranched alkanes of at least 4 members (excludes halogenated alkanes) is 2. The SMILES string of the molecule is CCCCCc1cc(O)c(C/C=C(\C)CCC=C(C)C)c2c1C(=O)OC(CC)O2. The Kier molecular flexibility index (Phi) is 8.81. The van der Waals surface area contributed by atoms with Crippen molar-refractivity contribution >= 4 is 5.97 Å². The third-order valence-corrected chi connectivity index (χ3v) is 5.26. The van der Waals surface area contributed by atoms with Crippen molar-refractivity contribution in [3.05, 3.63) is 46.1 Å². The summed E-state index contributed by atoms with van der Waals surface area (Å²) in [5.41, 5.74) is 4.57. The van der Waals surface area contributed by atoms with Crippen LogP contribution >= 0.6 is 0 Å². The number of ether oxygens (including phenoxy) is 2. The van der Waals surface area contributed by atoms with E-state index in [1.54, 1.807) is 6.07 Å². The Labute approximate surface area is 175 Å². The first-order valence-corrected chi connectivity index (χ1v) is 10.9. The molecule has 0 bridgehead atoms. The quantitative estimate of drug-likeness (QED) is 0.271. The molecule has 0 radical (unpaired) electrons. The van der Waals surface area contributed by atoms with E-state index in [0.29, 0.717) is 29.7 Å². The van der Waals surface area contributed by atoms with Crippen molar-refractivity contribution in [1.29, 1.82) is 0 Å². The first-order valence-electron chi connectivity index (χ1n) is 10.9. The van der Waals surface area contributed by atoms with Crippen LogP contribution in [0.3, 0.4) is 0 Å². The second-order valence-corrected chi connectivity index (χ2v) is 8.13. The maximum Gasteiger partial charge on any atom is 0.345 e. The van der Waals surface area contributed by atoms with Crippen LogP contribution in [0.5, 0.6) is 11.5 Å². The van der Waals surface area contributed by atoms with E-state index >= 15 is 0 Å². The Morgan fingerprint density at radius 3 is 2.55 bits per heavy atom. The molecular weight excluding hydrogens is 364 g/mol. The van der Waals surface area contributed by atoms with Crippen molar-refractivity contribution in [3.8, 4) is 11.5 Å². The molecule has 0 aliphatic carbocycles. The van der Waals surface area contributed by atoms with Crippen LogP contribution in [0.15, 0.2) is 29.4 Å². The van der Waals surface area contributed by atoms with E-state index in [9.17, 15) is 9.90 Å². The lowest BCUT2D eigenvalue weighted by molar-refractivity contribution is -0.0618. The highest BCUT2D eigenvalue weighted by Gasteiger charge is 2.32. The summed E-state index contributed by atoms with van der Waals surface area (Å²) in [5, 5.41) is 10.7. The zero-order valence-electron chi connectivity index (χ0n) is 18.6. The highest BCUT2D eigenvalue weighted by molar-refractivity contribution is 5.96. The number of benzene rings is 1. The third kappa shape index (κ3) is 6.38. The third-order valence-electron chi connectivity index (χ3n) is 5.26. The maximum atomic E-state index is 12.7. The fourth-order valence-electron chi connectivity index (χ4n) is 3.52. The molecule has 0 fully saturated rings. The lowest BCUT2D eigenvalue weighted by Gasteiger charge is -2.28. The smallest absolute Gasteiger partial charge is 0.345 e. The molecule has 1 aliphatic heterocycles. The summed E-state index contributed by atoms with van der Waals surface area (Å²) in [7, 11) is 0. The van der Waals surface area contributed by atoms with E-state index in [-0.39, 0.29) is 11.7 Å². The molecule has 1 atom stereocenters. The van der Waals surface area contributed by atoms with Gasteiger partial charge in [0.2, 0.25) is 6.29 Å². The molecule has 1 N–H and O–H groups in total. The van der Waals surface area contributed by atoms with E-state index < -0.39 is 6.29 Å². The molecular formula is C25H36O4. The van der Waals surface area contributed by atoms with Crippen molar-refractivity contribution in [2.45, 2.75) is 92.3 Å². The number of phenols is 1. The molecule has 1 aromatic rings. The normalized spacial score (nSPS) is 16.1. The Balaban J connectivity index is 2.33. The minimum absolute atomic E-state index is 0.202. The summed E-state index contributed by atoms with van der Waals surface area (Å²) >= 11 is 0. The molecule has 1 heterocycles. The number of fused-ring (bicyclic) bond motifs is 1. The molecule has 160 valence electrons. The molecule has 1 aromatic carbocycles. The molecule has 0 spiro atoms. The minimum Gasteiger partial charge on any atom is -0.508 e. The van der Waals surface area contributed by atoms with Crippen LogP contribution in [0.4, 0.5) is 0 Å². The van der Waals surface area contributed by atoms with Gasteiger partial charge in [0.1, 0.15) is 17.1 Å². The first-order chi connectivity index (χ1) is 13.9. The highest BCUT2D eigenvalue weighted by atomic mass is 16.7. The number of aromatic hydroxyl groups is 1. The van der Waals surface area contributed by atoms with Crippen molar-refractivity contribution < 1.29 is 19.4 Å². The van der Waals surface area contributed by atoms with Crippen LogP contribution in [0.25, 0.3) is 0 Å². The van der Waals surface area contributed by atoms with Crippen molar-refractivity contribution in [2.75, 3.05) is 0 Å². The molecule has 0 saturated carbocycles. The number of carbonyl (C=O) groups excluding carboxylic acids is 1. The molecule has 4 heteroatoms. The summed E-state index contributed by atoms with van der Waals surface area (Å²) in [5.74, 6) is 0.371. The maximum absolute atomic E-state index is 12.7. The highest BCUT2D eigenvalue weighted by Crippen LogP contribution is 2.40. The number of cyclic esters (lactones) is 1. The molecule has 1 aliphatic rings. The number of carbonyl (C=O) groups is 1. The first kappa shape index (κ1) is 23.1. The summed E-state index contributed by atoms with van der Waals surface area (Å²) in [6.07, 6.45) is 10.7. The van der Waals surface area contributed by atoms with Crippen LogP contribution in [-0.2, 0) is 17.6 Å². The number of hydrogen-bond donors (Lipinski definition) is 1. The zero-order chi connectivity index (χ0) is 21.4. The summed E-state index contributed by atoms with van der Waals surface area (Å²) < 4.78 is 11.5. The summed E-state index contributed by atoms with van der Waals surface area (Å²) in [6.45, 7) is 10.4. The van der Waals surface area contributed by atoms with Gasteiger partial charge in [-0.1, -0.05) is 50.0 Å². The second kappa shape index (κ2) is 11.1. The van der Waals surface area contributed by atoms with E-state index in [0.717, 1.165) is 44.1 Å². The molecule has 29 heavy (non-hydrogen) atoms. The van der Waals surface area contributed by atoms with Crippen LogP contribution in [0, 0.1) is 0 Å². The number of aryl methyl sites for hydroxylation is 1. The van der Waals surface area contributed by atoms with Crippen LogP contribution < -0.4 is 4.74 Å². The van der Waals surface area contributed by atoms with Gasteiger partial charge in [0, 0.05) is 12.0 Å². The second-order valence-electron chi connectivity index (χ2n) is 8.13. The van der Waals surface area contributed by atoms with Crippen molar-refractivity contribution in [3.63, 3.8) is 0 Å². The van der Waals surface area contributed by atoms with E-state index in [1.165, 1.54) is 11.1 Å². The lowest BCUT2D eigenvalue weighted by Crippen LogP contribution is -2.31. The van der Waals surface area contributed by atoms with Gasteiger partial charge in [-0.2, -0.15) is 0 Å². The van der Waals surface area contributed by atoms with Gasteiger partial charge in [0.05, 0.1) is 0 Å². The standard InChI is InChI=1S/C25H36O4/c1-6-8-9-13-19-16-21(26)20(15-14-18(5)12-10-11-17(3)4)24-23(19)25(27)29-22(7-2)28-24/h11,14,16,22,26H,6-10,12-13,15H2,1-5H3/b18-14+. The van der Waals surface area contributed by atoms with Crippen molar-refractivity contribution in [2.24, 2.45) is 0 Å². The Hall–Kier alpha value is -2.23. The fourth-order valence-corrected chi connectivity index (χ4v) is 3.52. The van der Waals surface area contributed by atoms with Crippen LogP contribution in [0.1, 0.15) is 94.6 Å². The van der Waals surface area contributed by atoms with Crippen molar-refractivity contribution in [1.82, 2.24) is 0 Å². The Morgan fingerprint density at radius 2 is 1.90 bits per heavy atom. The minimum atomic E-state index is -0.596. The van der Waals surface area contributed by atoms with E-state index in [4.69, 9.17) is 9.47 Å². The Morgan fingerprint density at radius 1 is 1.14 bits per heavy atom. The average molecular weight is 401 g/mol. The molecule has 0 saturated heterocycles. The monoisotopic (exact) mass is 400 g/mol. The summed E-state index contributed by atoms with van der Waals surface area (Å²) in [4.78, 5) is 12.7. The lowest BCUT2D eigenvalue weighted by atomic mass is 9.94. The molecule has 0 aromatic heterocycles. The number of esters is 1. The number of phenolic OH excluding ortho intramolecular Hbond substituents is 1. The van der Waals surface area contributed by atoms with Gasteiger partial charge in [-0.3, -0.25) is 0 Å². The van der Waals surface area contributed by atoms with E-state index in [1.807, 2.05) is 6.92 Å². The number of hydrogen-bond acceptors (Lipinski definition) is 4. The fraction of sp³-hybridized carbons (Fsp3) is 0.560. The van der Waals surface area contributed by atoms with Gasteiger partial charge in [0.25, 0.3) is 0 Å². The summed E-state index contributed by atoms with van der Waals surface area (Å²) in [6, 6.07) is 1.73. The molecule has 4 nitrogen and oxygen atoms in total. The van der Waals surface area contributed by atoms with Crippen LogP contribution in [0.2, 0.25) is 0 Å². The number of rotatable bonds is 10. The Bertz CT molecular complexity index is 770. The predicted octanol–water partition coefficient (Wildman–Crippen LogP) is 6.65. The largest absolute Gasteiger partial charge is 0.508 e.